The van der Waals surface area contributed by atoms with E-state index >= 15 is 0 Å². The summed E-state index contributed by atoms with van der Waals surface area (Å²) in [6.07, 6.45) is 4.59. The molecule has 0 atom stereocenters. The third kappa shape index (κ3) is 4.32. The molecule has 0 fully saturated rings. The molecule has 1 aliphatic rings. The Hall–Kier alpha value is -2.13. The standard InChI is InChI=1S/C20H18Cl2N4O2S2/c1-28-19(27)16-12-6-4-8-15(12)30-18(16)24-20(29)23-17-14(22)10-26(25-17)9-11-5-2-3-7-13(11)21/h2-3,5,7,10H,4,6,8-9H2,1H3,(H2,23,24,25,29). The van der Waals surface area contributed by atoms with Crippen LogP contribution in [-0.2, 0) is 24.1 Å². The number of fused-ring (bicyclic) bond motifs is 1. The maximum Gasteiger partial charge on any atom is 0.341 e. The van der Waals surface area contributed by atoms with Crippen molar-refractivity contribution in [3.8, 4) is 0 Å². The van der Waals surface area contributed by atoms with Crippen LogP contribution in [0.5, 0.6) is 0 Å². The number of benzene rings is 1. The molecular weight excluding hydrogens is 463 g/mol. The smallest absolute Gasteiger partial charge is 0.341 e. The highest BCUT2D eigenvalue weighted by Crippen LogP contribution is 2.39. The third-order valence-electron chi connectivity index (χ3n) is 4.78. The monoisotopic (exact) mass is 480 g/mol. The maximum absolute atomic E-state index is 12.3. The number of nitrogens with zero attached hydrogens (tertiary/aromatic N) is 2. The SMILES string of the molecule is COC(=O)c1c(NC(=S)Nc2nn(Cc3ccccc3Cl)cc2Cl)sc2c1CCC2. The number of carbonyl (C=O) groups is 1. The van der Waals surface area contributed by atoms with Crippen molar-refractivity contribution in [1.29, 1.82) is 0 Å². The Balaban J connectivity index is 1.48. The van der Waals surface area contributed by atoms with E-state index in [-0.39, 0.29) is 5.97 Å². The van der Waals surface area contributed by atoms with E-state index in [1.165, 1.54) is 23.3 Å². The summed E-state index contributed by atoms with van der Waals surface area (Å²) in [5.41, 5.74) is 2.55. The van der Waals surface area contributed by atoms with Crippen LogP contribution < -0.4 is 10.6 Å². The Bertz CT molecular complexity index is 1130. The Labute approximate surface area is 193 Å². The molecule has 0 bridgehead atoms. The average molecular weight is 481 g/mol. The number of aromatic nitrogens is 2. The molecule has 10 heteroatoms. The van der Waals surface area contributed by atoms with Gasteiger partial charge in [0.05, 0.1) is 19.2 Å². The maximum atomic E-state index is 12.3. The van der Waals surface area contributed by atoms with E-state index in [4.69, 9.17) is 40.2 Å². The van der Waals surface area contributed by atoms with Gasteiger partial charge in [0.2, 0.25) is 0 Å². The second-order valence-electron chi connectivity index (χ2n) is 6.75. The fourth-order valence-electron chi connectivity index (χ4n) is 3.42. The number of rotatable bonds is 5. The minimum absolute atomic E-state index is 0.296. The number of thiophene rings is 1. The van der Waals surface area contributed by atoms with E-state index in [0.29, 0.717) is 38.1 Å². The molecule has 2 heterocycles. The highest BCUT2D eigenvalue weighted by atomic mass is 35.5. The van der Waals surface area contributed by atoms with Gasteiger partial charge in [-0.2, -0.15) is 5.10 Å². The first-order valence-corrected chi connectivity index (χ1v) is 11.2. The van der Waals surface area contributed by atoms with Gasteiger partial charge in [-0.3, -0.25) is 4.68 Å². The second-order valence-corrected chi connectivity index (χ2v) is 9.07. The molecule has 156 valence electrons. The number of esters is 1. The summed E-state index contributed by atoms with van der Waals surface area (Å²) in [6.45, 7) is 0.478. The molecule has 0 saturated carbocycles. The number of nitrogens with one attached hydrogen (secondary N) is 2. The summed E-state index contributed by atoms with van der Waals surface area (Å²) in [6, 6.07) is 7.56. The predicted molar refractivity (Wildman–Crippen MR) is 125 cm³/mol. The van der Waals surface area contributed by atoms with Crippen LogP contribution in [0.15, 0.2) is 30.5 Å². The Morgan fingerprint density at radius 1 is 1.27 bits per heavy atom. The Morgan fingerprint density at radius 2 is 2.07 bits per heavy atom. The molecule has 3 aromatic rings. The lowest BCUT2D eigenvalue weighted by Gasteiger charge is -2.10. The number of anilines is 2. The molecule has 2 aromatic heterocycles. The molecule has 2 N–H and O–H groups in total. The molecule has 0 unspecified atom stereocenters. The highest BCUT2D eigenvalue weighted by Gasteiger charge is 2.27. The summed E-state index contributed by atoms with van der Waals surface area (Å²) < 4.78 is 6.65. The second kappa shape index (κ2) is 8.93. The van der Waals surface area contributed by atoms with Gasteiger partial charge in [0.25, 0.3) is 0 Å². The first-order valence-electron chi connectivity index (χ1n) is 9.23. The van der Waals surface area contributed by atoms with Crippen molar-refractivity contribution >= 4 is 68.7 Å². The average Bonchev–Trinajstić information content (AvgIpc) is 3.38. The van der Waals surface area contributed by atoms with Crippen LogP contribution in [0.1, 0.15) is 32.8 Å². The summed E-state index contributed by atoms with van der Waals surface area (Å²) >= 11 is 19.5. The lowest BCUT2D eigenvalue weighted by Crippen LogP contribution is -2.21. The van der Waals surface area contributed by atoms with E-state index in [1.807, 2.05) is 24.3 Å². The normalized spacial score (nSPS) is 12.5. The molecule has 0 saturated heterocycles. The Kier molecular flexibility index (Phi) is 6.29. The number of aryl methyl sites for hydroxylation is 1. The van der Waals surface area contributed by atoms with Crippen molar-refractivity contribution in [2.75, 3.05) is 17.7 Å². The number of ether oxygens (including phenoxy) is 1. The van der Waals surface area contributed by atoms with Crippen molar-refractivity contribution in [3.63, 3.8) is 0 Å². The molecule has 6 nitrogen and oxygen atoms in total. The number of hydrogen-bond donors (Lipinski definition) is 2. The van der Waals surface area contributed by atoms with Gasteiger partial charge in [0, 0.05) is 16.1 Å². The van der Waals surface area contributed by atoms with Gasteiger partial charge < -0.3 is 15.4 Å². The third-order valence-corrected chi connectivity index (χ3v) is 6.83. The van der Waals surface area contributed by atoms with E-state index in [0.717, 1.165) is 30.4 Å². The van der Waals surface area contributed by atoms with Crippen molar-refractivity contribution in [2.24, 2.45) is 0 Å². The van der Waals surface area contributed by atoms with Crippen LogP contribution in [0, 0.1) is 0 Å². The molecule has 4 rings (SSSR count). The van der Waals surface area contributed by atoms with E-state index < -0.39 is 0 Å². The number of thiocarbonyl (C=S) groups is 1. The van der Waals surface area contributed by atoms with Crippen molar-refractivity contribution < 1.29 is 9.53 Å². The number of hydrogen-bond acceptors (Lipinski definition) is 5. The molecular formula is C20H18Cl2N4O2S2. The van der Waals surface area contributed by atoms with E-state index in [9.17, 15) is 4.79 Å². The van der Waals surface area contributed by atoms with Gasteiger partial charge in [0.1, 0.15) is 10.0 Å². The van der Waals surface area contributed by atoms with E-state index in [1.54, 1.807) is 10.9 Å². The van der Waals surface area contributed by atoms with E-state index in [2.05, 4.69) is 15.7 Å². The lowest BCUT2D eigenvalue weighted by atomic mass is 10.1. The van der Waals surface area contributed by atoms with Crippen LogP contribution in [0.2, 0.25) is 10.0 Å². The predicted octanol–water partition coefficient (Wildman–Crippen LogP) is 5.38. The molecule has 30 heavy (non-hydrogen) atoms. The van der Waals surface area contributed by atoms with Crippen molar-refractivity contribution in [2.45, 2.75) is 25.8 Å². The van der Waals surface area contributed by atoms with Gasteiger partial charge >= 0.3 is 5.97 Å². The number of carbonyl (C=O) groups excluding carboxylic acids is 1. The van der Waals surface area contributed by atoms with Gasteiger partial charge in [0.15, 0.2) is 10.9 Å². The summed E-state index contributed by atoms with van der Waals surface area (Å²) in [5.74, 6) is 0.0617. The van der Waals surface area contributed by atoms with Crippen LogP contribution in [0.25, 0.3) is 0 Å². The zero-order valence-corrected chi connectivity index (χ0v) is 19.1. The molecule has 1 aliphatic carbocycles. The number of methoxy groups -OCH3 is 1. The Morgan fingerprint density at radius 3 is 2.83 bits per heavy atom. The highest BCUT2D eigenvalue weighted by molar-refractivity contribution is 7.80. The lowest BCUT2D eigenvalue weighted by molar-refractivity contribution is 0.0601. The minimum Gasteiger partial charge on any atom is -0.465 e. The largest absolute Gasteiger partial charge is 0.465 e. The molecule has 0 spiro atoms. The topological polar surface area (TPSA) is 68.2 Å². The van der Waals surface area contributed by atoms with Crippen LogP contribution in [0.4, 0.5) is 10.8 Å². The fraction of sp³-hybridized carbons (Fsp3) is 0.250. The molecule has 1 aromatic carbocycles. The van der Waals surface area contributed by atoms with Crippen LogP contribution in [0.3, 0.4) is 0 Å². The van der Waals surface area contributed by atoms with Gasteiger partial charge in [-0.25, -0.2) is 4.79 Å². The molecule has 0 amide bonds. The number of halogens is 2. The minimum atomic E-state index is -0.359. The van der Waals surface area contributed by atoms with Gasteiger partial charge in [-0.1, -0.05) is 41.4 Å². The first kappa shape index (κ1) is 21.1. The van der Waals surface area contributed by atoms with Gasteiger partial charge in [-0.05, 0) is 48.7 Å². The zero-order chi connectivity index (χ0) is 21.3. The first-order chi connectivity index (χ1) is 14.5. The summed E-state index contributed by atoms with van der Waals surface area (Å²) in [7, 11) is 1.38. The molecule has 0 aliphatic heterocycles. The quantitative estimate of drug-likeness (QED) is 0.377. The summed E-state index contributed by atoms with van der Waals surface area (Å²) in [5, 5.41) is 12.6. The molecule has 0 radical (unpaired) electrons. The van der Waals surface area contributed by atoms with Gasteiger partial charge in [-0.15, -0.1) is 11.3 Å². The zero-order valence-electron chi connectivity index (χ0n) is 16.0. The van der Waals surface area contributed by atoms with Crippen molar-refractivity contribution in [3.05, 3.63) is 62.1 Å². The fourth-order valence-corrected chi connectivity index (χ4v) is 5.35. The van der Waals surface area contributed by atoms with Crippen LogP contribution in [-0.4, -0.2) is 28.0 Å². The van der Waals surface area contributed by atoms with Crippen molar-refractivity contribution in [1.82, 2.24) is 9.78 Å². The summed E-state index contributed by atoms with van der Waals surface area (Å²) in [4.78, 5) is 13.5. The van der Waals surface area contributed by atoms with Crippen LogP contribution >= 0.6 is 46.8 Å².